The molecule has 0 saturated carbocycles. The average Bonchev–Trinajstić information content (AvgIpc) is 2.15. The van der Waals surface area contributed by atoms with Gasteiger partial charge in [-0.15, -0.1) is 0 Å². The van der Waals surface area contributed by atoms with Gasteiger partial charge in [-0.1, -0.05) is 39.0 Å². The van der Waals surface area contributed by atoms with Crippen LogP contribution in [0, 0.1) is 0 Å². The van der Waals surface area contributed by atoms with E-state index in [4.69, 9.17) is 5.73 Å². The van der Waals surface area contributed by atoms with Gasteiger partial charge in [0.25, 0.3) is 0 Å². The fourth-order valence-corrected chi connectivity index (χ4v) is 1.84. The van der Waals surface area contributed by atoms with Crippen LogP contribution < -0.4 is 5.73 Å². The van der Waals surface area contributed by atoms with Crippen LogP contribution in [-0.4, -0.2) is 4.98 Å². The Hall–Kier alpha value is -1.57. The summed E-state index contributed by atoms with van der Waals surface area (Å²) in [4.78, 5) is 4.11. The van der Waals surface area contributed by atoms with E-state index in [2.05, 4.69) is 44.0 Å². The number of hydrogen-bond acceptors (Lipinski definition) is 2. The van der Waals surface area contributed by atoms with Gasteiger partial charge in [-0.25, -0.2) is 4.98 Å². The Balaban J connectivity index is 2.80. The van der Waals surface area contributed by atoms with E-state index in [1.807, 2.05) is 12.3 Å². The molecule has 78 valence electrons. The highest BCUT2D eigenvalue weighted by molar-refractivity contribution is 5.87. The van der Waals surface area contributed by atoms with E-state index in [1.165, 1.54) is 10.9 Å². The van der Waals surface area contributed by atoms with Crippen molar-refractivity contribution in [1.29, 1.82) is 0 Å². The summed E-state index contributed by atoms with van der Waals surface area (Å²) in [5.41, 5.74) is 7.17. The highest BCUT2D eigenvalue weighted by Crippen LogP contribution is 2.30. The zero-order valence-electron chi connectivity index (χ0n) is 9.41. The summed E-state index contributed by atoms with van der Waals surface area (Å²) < 4.78 is 0. The Morgan fingerprint density at radius 2 is 1.93 bits per heavy atom. The summed E-state index contributed by atoms with van der Waals surface area (Å²) in [7, 11) is 0. The third-order valence-electron chi connectivity index (χ3n) is 2.59. The van der Waals surface area contributed by atoms with Gasteiger partial charge < -0.3 is 5.73 Å². The third-order valence-corrected chi connectivity index (χ3v) is 2.59. The van der Waals surface area contributed by atoms with Gasteiger partial charge in [0.2, 0.25) is 0 Å². The molecule has 0 aliphatic heterocycles. The summed E-state index contributed by atoms with van der Waals surface area (Å²) in [6, 6.07) is 8.25. The minimum absolute atomic E-state index is 0.132. The Kier molecular flexibility index (Phi) is 2.14. The molecule has 0 bridgehead atoms. The molecule has 15 heavy (non-hydrogen) atoms. The second-order valence-corrected chi connectivity index (χ2v) is 4.89. The van der Waals surface area contributed by atoms with Gasteiger partial charge >= 0.3 is 0 Å². The molecule has 0 radical (unpaired) electrons. The highest BCUT2D eigenvalue weighted by Gasteiger charge is 2.16. The molecule has 2 heteroatoms. The summed E-state index contributed by atoms with van der Waals surface area (Å²) >= 11 is 0. The molecular formula is C13H16N2. The van der Waals surface area contributed by atoms with E-state index in [9.17, 15) is 0 Å². The lowest BCUT2D eigenvalue weighted by molar-refractivity contribution is 0.596. The number of rotatable bonds is 0. The Labute approximate surface area is 90.1 Å². The lowest BCUT2D eigenvalue weighted by atomic mass is 9.84. The molecule has 2 N–H and O–H groups in total. The maximum Gasteiger partial charge on any atom is 0.123 e. The first-order valence-corrected chi connectivity index (χ1v) is 5.13. The average molecular weight is 200 g/mol. The van der Waals surface area contributed by atoms with Crippen molar-refractivity contribution in [3.05, 3.63) is 36.0 Å². The Morgan fingerprint density at radius 3 is 2.60 bits per heavy atom. The molecule has 0 atom stereocenters. The second-order valence-electron chi connectivity index (χ2n) is 4.89. The number of benzene rings is 1. The number of nitrogen functional groups attached to an aromatic ring is 1. The first kappa shape index (κ1) is 9.97. The topological polar surface area (TPSA) is 38.9 Å². The van der Waals surface area contributed by atoms with E-state index in [0.29, 0.717) is 5.82 Å². The number of nitrogens with zero attached hydrogens (tertiary/aromatic N) is 1. The largest absolute Gasteiger partial charge is 0.384 e. The van der Waals surface area contributed by atoms with Crippen molar-refractivity contribution in [2.45, 2.75) is 26.2 Å². The predicted octanol–water partition coefficient (Wildman–Crippen LogP) is 3.11. The molecule has 1 aromatic carbocycles. The Bertz CT molecular complexity index is 495. The van der Waals surface area contributed by atoms with E-state index < -0.39 is 0 Å². The van der Waals surface area contributed by atoms with Crippen LogP contribution in [-0.2, 0) is 5.41 Å². The maximum atomic E-state index is 5.72. The van der Waals surface area contributed by atoms with E-state index in [-0.39, 0.29) is 5.41 Å². The molecule has 0 saturated heterocycles. The molecule has 1 heterocycles. The van der Waals surface area contributed by atoms with Crippen LogP contribution in [0.4, 0.5) is 5.82 Å². The van der Waals surface area contributed by atoms with Crippen LogP contribution in [0.5, 0.6) is 0 Å². The molecule has 0 aliphatic carbocycles. The number of anilines is 1. The normalized spacial score (nSPS) is 11.9. The molecule has 2 aromatic rings. The number of nitrogens with two attached hydrogens (primary N) is 1. The summed E-state index contributed by atoms with van der Waals surface area (Å²) in [5, 5.41) is 2.36. The monoisotopic (exact) mass is 200 g/mol. The first-order chi connectivity index (χ1) is 6.98. The van der Waals surface area contributed by atoms with Crippen molar-refractivity contribution in [2.24, 2.45) is 0 Å². The van der Waals surface area contributed by atoms with Gasteiger partial charge in [0.05, 0.1) is 0 Å². The van der Waals surface area contributed by atoms with Crippen molar-refractivity contribution >= 4 is 16.6 Å². The van der Waals surface area contributed by atoms with Crippen molar-refractivity contribution in [3.63, 3.8) is 0 Å². The van der Waals surface area contributed by atoms with Crippen molar-refractivity contribution in [1.82, 2.24) is 4.98 Å². The van der Waals surface area contributed by atoms with E-state index in [0.717, 1.165) is 5.39 Å². The van der Waals surface area contributed by atoms with Crippen LogP contribution in [0.2, 0.25) is 0 Å². The SMILES string of the molecule is CC(C)(C)c1cccc2cnc(N)cc12. The Morgan fingerprint density at radius 1 is 1.20 bits per heavy atom. The summed E-state index contributed by atoms with van der Waals surface area (Å²) in [6.07, 6.45) is 1.83. The molecule has 0 aliphatic rings. The van der Waals surface area contributed by atoms with E-state index in [1.54, 1.807) is 0 Å². The maximum absolute atomic E-state index is 5.72. The summed E-state index contributed by atoms with van der Waals surface area (Å²) in [5.74, 6) is 0.583. The van der Waals surface area contributed by atoms with Crippen LogP contribution >= 0.6 is 0 Å². The zero-order valence-corrected chi connectivity index (χ0v) is 9.41. The minimum Gasteiger partial charge on any atom is -0.384 e. The van der Waals surface area contributed by atoms with Gasteiger partial charge in [0.1, 0.15) is 5.82 Å². The number of aromatic nitrogens is 1. The van der Waals surface area contributed by atoms with Crippen molar-refractivity contribution in [2.75, 3.05) is 5.73 Å². The lowest BCUT2D eigenvalue weighted by Crippen LogP contribution is -2.11. The van der Waals surface area contributed by atoms with Crippen LogP contribution in [0.3, 0.4) is 0 Å². The molecule has 0 spiro atoms. The highest BCUT2D eigenvalue weighted by atomic mass is 14.8. The lowest BCUT2D eigenvalue weighted by Gasteiger charge is -2.21. The molecule has 0 amide bonds. The second kappa shape index (κ2) is 3.23. The van der Waals surface area contributed by atoms with E-state index >= 15 is 0 Å². The molecule has 0 fully saturated rings. The summed E-state index contributed by atoms with van der Waals surface area (Å²) in [6.45, 7) is 6.62. The van der Waals surface area contributed by atoms with Crippen LogP contribution in [0.15, 0.2) is 30.5 Å². The predicted molar refractivity (Wildman–Crippen MR) is 64.9 cm³/mol. The number of fused-ring (bicyclic) bond motifs is 1. The quantitative estimate of drug-likeness (QED) is 0.709. The number of hydrogen-bond donors (Lipinski definition) is 1. The van der Waals surface area contributed by atoms with Gasteiger partial charge in [-0.2, -0.15) is 0 Å². The fourth-order valence-electron chi connectivity index (χ4n) is 1.84. The van der Waals surface area contributed by atoms with Crippen molar-refractivity contribution in [3.8, 4) is 0 Å². The molecule has 2 nitrogen and oxygen atoms in total. The van der Waals surface area contributed by atoms with Crippen LogP contribution in [0.25, 0.3) is 10.8 Å². The van der Waals surface area contributed by atoms with Crippen molar-refractivity contribution < 1.29 is 0 Å². The smallest absolute Gasteiger partial charge is 0.123 e. The standard InChI is InChI=1S/C13H16N2/c1-13(2,3)11-6-4-5-9-8-15-12(14)7-10(9)11/h4-8H,1-3H3,(H2,14,15). The van der Waals surface area contributed by atoms with Gasteiger partial charge in [0, 0.05) is 11.6 Å². The molecule has 2 rings (SSSR count). The first-order valence-electron chi connectivity index (χ1n) is 5.13. The fraction of sp³-hybridized carbons (Fsp3) is 0.308. The van der Waals surface area contributed by atoms with Gasteiger partial charge in [0.15, 0.2) is 0 Å². The molecular weight excluding hydrogens is 184 g/mol. The zero-order chi connectivity index (χ0) is 11.1. The van der Waals surface area contributed by atoms with Gasteiger partial charge in [-0.3, -0.25) is 0 Å². The molecule has 1 aromatic heterocycles. The van der Waals surface area contributed by atoms with Gasteiger partial charge in [-0.05, 0) is 22.4 Å². The third kappa shape index (κ3) is 1.80. The molecule has 0 unspecified atom stereocenters. The minimum atomic E-state index is 0.132. The number of pyridine rings is 1. The van der Waals surface area contributed by atoms with Crippen LogP contribution in [0.1, 0.15) is 26.3 Å².